The van der Waals surface area contributed by atoms with Crippen LogP contribution < -0.4 is 0 Å². The smallest absolute Gasteiger partial charge is 0.0678 e. The van der Waals surface area contributed by atoms with Gasteiger partial charge >= 0.3 is 0 Å². The summed E-state index contributed by atoms with van der Waals surface area (Å²) in [7, 11) is 0. The van der Waals surface area contributed by atoms with Gasteiger partial charge in [0.25, 0.3) is 0 Å². The van der Waals surface area contributed by atoms with Crippen LogP contribution >= 0.6 is 0 Å². The van der Waals surface area contributed by atoms with Gasteiger partial charge in [-0.25, -0.2) is 0 Å². The highest BCUT2D eigenvalue weighted by molar-refractivity contribution is 4.80. The molecule has 1 heterocycles. The van der Waals surface area contributed by atoms with Crippen LogP contribution in [0.1, 0.15) is 58.8 Å². The summed E-state index contributed by atoms with van der Waals surface area (Å²) in [5, 5.41) is 0. The number of hydrogen-bond acceptors (Lipinski definition) is 2. The molecule has 0 unspecified atom stereocenters. The van der Waals surface area contributed by atoms with E-state index in [1.54, 1.807) is 0 Å². The minimum absolute atomic E-state index is 0.425. The van der Waals surface area contributed by atoms with Crippen LogP contribution in [0.2, 0.25) is 0 Å². The van der Waals surface area contributed by atoms with Crippen molar-refractivity contribution in [1.29, 1.82) is 0 Å². The minimum atomic E-state index is 0.425. The Hall–Kier alpha value is -0.0800. The number of nitrogens with zero attached hydrogens (tertiary/aromatic N) is 1. The van der Waals surface area contributed by atoms with Crippen molar-refractivity contribution in [3.8, 4) is 0 Å². The number of ether oxygens (including phenoxy) is 1. The lowest BCUT2D eigenvalue weighted by Gasteiger charge is -2.41. The molecule has 94 valence electrons. The van der Waals surface area contributed by atoms with Gasteiger partial charge < -0.3 is 4.74 Å². The topological polar surface area (TPSA) is 12.5 Å². The quantitative estimate of drug-likeness (QED) is 0.679. The maximum Gasteiger partial charge on any atom is 0.0678 e. The molecule has 2 rings (SSSR count). The molecule has 0 spiro atoms. The molecule has 1 saturated carbocycles. The van der Waals surface area contributed by atoms with Crippen LogP contribution in [0, 0.1) is 0 Å². The highest BCUT2D eigenvalue weighted by Crippen LogP contribution is 2.24. The van der Waals surface area contributed by atoms with Crippen molar-refractivity contribution >= 4 is 0 Å². The largest absolute Gasteiger partial charge is 0.373 e. The Bertz CT molecular complexity index is 189. The lowest BCUT2D eigenvalue weighted by atomic mass is 9.95. The SMILES string of the molecule is C[C@@H]1CN(C2CCCCCCC2)C[C@H](C)O1. The van der Waals surface area contributed by atoms with Crippen LogP contribution in [0.3, 0.4) is 0 Å². The van der Waals surface area contributed by atoms with E-state index in [1.807, 2.05) is 0 Å². The second kappa shape index (κ2) is 6.02. The maximum atomic E-state index is 5.82. The molecule has 2 aliphatic rings. The Morgan fingerprint density at radius 3 is 1.88 bits per heavy atom. The van der Waals surface area contributed by atoms with E-state index >= 15 is 0 Å². The van der Waals surface area contributed by atoms with Crippen molar-refractivity contribution in [2.45, 2.75) is 77.0 Å². The van der Waals surface area contributed by atoms with Crippen LogP contribution in [0.25, 0.3) is 0 Å². The molecule has 0 radical (unpaired) electrons. The molecule has 1 aliphatic carbocycles. The molecule has 16 heavy (non-hydrogen) atoms. The summed E-state index contributed by atoms with van der Waals surface area (Å²) in [5.41, 5.74) is 0. The van der Waals surface area contributed by atoms with E-state index in [4.69, 9.17) is 4.74 Å². The first-order valence-electron chi connectivity index (χ1n) is 7.15. The molecule has 1 saturated heterocycles. The highest BCUT2D eigenvalue weighted by Gasteiger charge is 2.27. The zero-order chi connectivity index (χ0) is 11.4. The minimum Gasteiger partial charge on any atom is -0.373 e. The molecule has 0 bridgehead atoms. The van der Waals surface area contributed by atoms with Gasteiger partial charge in [-0.15, -0.1) is 0 Å². The monoisotopic (exact) mass is 225 g/mol. The first-order valence-corrected chi connectivity index (χ1v) is 7.15. The van der Waals surface area contributed by atoms with Gasteiger partial charge in [0.15, 0.2) is 0 Å². The fourth-order valence-electron chi connectivity index (χ4n) is 3.32. The normalized spacial score (nSPS) is 35.6. The number of hydrogen-bond donors (Lipinski definition) is 0. The molecule has 0 aromatic rings. The van der Waals surface area contributed by atoms with Gasteiger partial charge in [-0.2, -0.15) is 0 Å². The molecule has 0 aromatic carbocycles. The fraction of sp³-hybridized carbons (Fsp3) is 1.00. The van der Waals surface area contributed by atoms with Crippen LogP contribution in [-0.2, 0) is 4.74 Å². The Morgan fingerprint density at radius 1 is 0.812 bits per heavy atom. The van der Waals surface area contributed by atoms with E-state index in [1.165, 1.54) is 44.9 Å². The van der Waals surface area contributed by atoms with Crippen LogP contribution in [0.5, 0.6) is 0 Å². The van der Waals surface area contributed by atoms with Crippen molar-refractivity contribution in [2.75, 3.05) is 13.1 Å². The number of morpholine rings is 1. The van der Waals surface area contributed by atoms with Gasteiger partial charge in [0, 0.05) is 19.1 Å². The molecular weight excluding hydrogens is 198 g/mol. The van der Waals surface area contributed by atoms with Gasteiger partial charge in [-0.3, -0.25) is 4.90 Å². The van der Waals surface area contributed by atoms with Gasteiger partial charge in [0.05, 0.1) is 12.2 Å². The second-order valence-electron chi connectivity index (χ2n) is 5.71. The maximum absolute atomic E-state index is 5.82. The van der Waals surface area contributed by atoms with E-state index in [9.17, 15) is 0 Å². The Kier molecular flexibility index (Phi) is 4.66. The summed E-state index contributed by atoms with van der Waals surface area (Å²) >= 11 is 0. The Morgan fingerprint density at radius 2 is 1.31 bits per heavy atom. The molecule has 2 fully saturated rings. The van der Waals surface area contributed by atoms with Gasteiger partial charge in [0.2, 0.25) is 0 Å². The molecule has 0 N–H and O–H groups in total. The van der Waals surface area contributed by atoms with Crippen molar-refractivity contribution in [3.63, 3.8) is 0 Å². The molecule has 0 aromatic heterocycles. The molecule has 2 nitrogen and oxygen atoms in total. The summed E-state index contributed by atoms with van der Waals surface area (Å²) in [6.45, 7) is 6.72. The average Bonchev–Trinajstić information content (AvgIpc) is 2.14. The second-order valence-corrected chi connectivity index (χ2v) is 5.71. The van der Waals surface area contributed by atoms with E-state index < -0.39 is 0 Å². The zero-order valence-electron chi connectivity index (χ0n) is 11.0. The average molecular weight is 225 g/mol. The van der Waals surface area contributed by atoms with Crippen molar-refractivity contribution in [3.05, 3.63) is 0 Å². The molecular formula is C14H27NO. The van der Waals surface area contributed by atoms with Crippen LogP contribution in [0.15, 0.2) is 0 Å². The first-order chi connectivity index (χ1) is 7.75. The van der Waals surface area contributed by atoms with E-state index in [0.29, 0.717) is 12.2 Å². The Labute approximate surface area is 100 Å². The van der Waals surface area contributed by atoms with E-state index in [0.717, 1.165) is 19.1 Å². The fourth-order valence-corrected chi connectivity index (χ4v) is 3.32. The molecule has 2 atom stereocenters. The summed E-state index contributed by atoms with van der Waals surface area (Å²) in [6.07, 6.45) is 10.9. The van der Waals surface area contributed by atoms with Crippen LogP contribution in [0.4, 0.5) is 0 Å². The van der Waals surface area contributed by atoms with E-state index in [-0.39, 0.29) is 0 Å². The third-order valence-corrected chi connectivity index (χ3v) is 4.04. The predicted octanol–water partition coefficient (Wildman–Crippen LogP) is 3.21. The summed E-state index contributed by atoms with van der Waals surface area (Å²) < 4.78 is 5.82. The third-order valence-electron chi connectivity index (χ3n) is 4.04. The Balaban J connectivity index is 1.88. The molecule has 2 heteroatoms. The summed E-state index contributed by atoms with van der Waals surface area (Å²) in [5.74, 6) is 0. The third kappa shape index (κ3) is 3.46. The van der Waals surface area contributed by atoms with Gasteiger partial charge in [0.1, 0.15) is 0 Å². The summed E-state index contributed by atoms with van der Waals surface area (Å²) in [4.78, 5) is 2.70. The van der Waals surface area contributed by atoms with Gasteiger partial charge in [-0.05, 0) is 26.7 Å². The standard InChI is InChI=1S/C14H27NO/c1-12-10-15(11-13(2)16-12)14-8-6-4-3-5-7-9-14/h12-14H,3-11H2,1-2H3/t12-,13+. The lowest BCUT2D eigenvalue weighted by Crippen LogP contribution is -2.50. The van der Waals surface area contributed by atoms with Crippen LogP contribution in [-0.4, -0.2) is 36.2 Å². The summed E-state index contributed by atoms with van der Waals surface area (Å²) in [6, 6.07) is 0.842. The first kappa shape index (κ1) is 12.4. The van der Waals surface area contributed by atoms with Crippen molar-refractivity contribution < 1.29 is 4.74 Å². The lowest BCUT2D eigenvalue weighted by molar-refractivity contribution is -0.0828. The highest BCUT2D eigenvalue weighted by atomic mass is 16.5. The predicted molar refractivity (Wildman–Crippen MR) is 67.7 cm³/mol. The number of rotatable bonds is 1. The van der Waals surface area contributed by atoms with Crippen molar-refractivity contribution in [1.82, 2.24) is 4.90 Å². The molecule has 1 aliphatic heterocycles. The van der Waals surface area contributed by atoms with E-state index in [2.05, 4.69) is 18.7 Å². The van der Waals surface area contributed by atoms with Gasteiger partial charge in [-0.1, -0.05) is 32.1 Å². The van der Waals surface area contributed by atoms with Crippen molar-refractivity contribution in [2.24, 2.45) is 0 Å². The molecule has 0 amide bonds. The zero-order valence-corrected chi connectivity index (χ0v) is 11.0.